The van der Waals surface area contributed by atoms with E-state index in [2.05, 4.69) is 35.6 Å². The zero-order valence-corrected chi connectivity index (χ0v) is 11.1. The summed E-state index contributed by atoms with van der Waals surface area (Å²) in [7, 11) is 0. The molecule has 2 N–H and O–H groups in total. The fourth-order valence-corrected chi connectivity index (χ4v) is 1.69. The first kappa shape index (κ1) is 12.9. The Morgan fingerprint density at radius 1 is 0.857 bits per heavy atom. The van der Waals surface area contributed by atoms with E-state index in [-0.39, 0.29) is 0 Å². The standard InChI is InChI=1S/C14H13N7/c1-2-11(8-15-4-1)9-19-12-3-5-18-14(20-12)21-13-10-16-6-7-17-13/h1-8,10H,9H2,(H2,17,18,19,20,21). The second kappa shape index (κ2) is 6.38. The van der Waals surface area contributed by atoms with Gasteiger partial charge in [-0.1, -0.05) is 6.07 Å². The highest BCUT2D eigenvalue weighted by Crippen LogP contribution is 2.11. The molecule has 3 aromatic heterocycles. The summed E-state index contributed by atoms with van der Waals surface area (Å²) in [6, 6.07) is 5.70. The fraction of sp³-hybridized carbons (Fsp3) is 0.0714. The number of hydrogen-bond donors (Lipinski definition) is 2. The number of rotatable bonds is 5. The van der Waals surface area contributed by atoms with Gasteiger partial charge in [0.15, 0.2) is 5.82 Å². The van der Waals surface area contributed by atoms with Crippen LogP contribution in [-0.4, -0.2) is 24.9 Å². The number of hydrogen-bond acceptors (Lipinski definition) is 7. The minimum Gasteiger partial charge on any atom is -0.366 e. The lowest BCUT2D eigenvalue weighted by atomic mass is 10.3. The Hall–Kier alpha value is -3.09. The van der Waals surface area contributed by atoms with Gasteiger partial charge in [-0.15, -0.1) is 0 Å². The Labute approximate surface area is 121 Å². The van der Waals surface area contributed by atoms with Crippen molar-refractivity contribution in [1.29, 1.82) is 0 Å². The first-order valence-corrected chi connectivity index (χ1v) is 6.39. The topological polar surface area (TPSA) is 88.5 Å². The molecule has 0 bridgehead atoms. The van der Waals surface area contributed by atoms with Gasteiger partial charge in [-0.2, -0.15) is 4.98 Å². The third kappa shape index (κ3) is 3.69. The molecule has 0 aliphatic rings. The molecule has 0 saturated carbocycles. The third-order valence-electron chi connectivity index (χ3n) is 2.66. The number of pyridine rings is 1. The Balaban J connectivity index is 1.66. The summed E-state index contributed by atoms with van der Waals surface area (Å²) in [6.07, 6.45) is 10.1. The van der Waals surface area contributed by atoms with E-state index in [4.69, 9.17) is 0 Å². The monoisotopic (exact) mass is 279 g/mol. The van der Waals surface area contributed by atoms with Crippen LogP contribution in [0, 0.1) is 0 Å². The van der Waals surface area contributed by atoms with Gasteiger partial charge in [0.05, 0.1) is 6.20 Å². The zero-order valence-electron chi connectivity index (χ0n) is 11.1. The van der Waals surface area contributed by atoms with E-state index in [9.17, 15) is 0 Å². The maximum absolute atomic E-state index is 4.36. The van der Waals surface area contributed by atoms with E-state index in [1.165, 1.54) is 0 Å². The molecule has 0 aliphatic carbocycles. The molecule has 0 aliphatic heterocycles. The lowest BCUT2D eigenvalue weighted by Gasteiger charge is -2.07. The van der Waals surface area contributed by atoms with Crippen molar-refractivity contribution in [2.24, 2.45) is 0 Å². The zero-order chi connectivity index (χ0) is 14.3. The van der Waals surface area contributed by atoms with Crippen LogP contribution in [-0.2, 0) is 6.54 Å². The molecule has 3 rings (SSSR count). The molecule has 0 spiro atoms. The van der Waals surface area contributed by atoms with E-state index in [1.54, 1.807) is 37.1 Å². The highest BCUT2D eigenvalue weighted by Gasteiger charge is 2.01. The summed E-state index contributed by atoms with van der Waals surface area (Å²) < 4.78 is 0. The van der Waals surface area contributed by atoms with Gasteiger partial charge in [0.2, 0.25) is 5.95 Å². The summed E-state index contributed by atoms with van der Waals surface area (Å²) in [5, 5.41) is 6.21. The van der Waals surface area contributed by atoms with Crippen molar-refractivity contribution in [3.05, 3.63) is 60.9 Å². The minimum absolute atomic E-state index is 0.465. The van der Waals surface area contributed by atoms with Gasteiger partial charge in [-0.3, -0.25) is 9.97 Å². The molecule has 0 unspecified atom stereocenters. The molecule has 104 valence electrons. The maximum atomic E-state index is 4.36. The van der Waals surface area contributed by atoms with Gasteiger partial charge in [0.1, 0.15) is 5.82 Å². The van der Waals surface area contributed by atoms with Gasteiger partial charge >= 0.3 is 0 Å². The minimum atomic E-state index is 0.465. The van der Waals surface area contributed by atoms with Crippen LogP contribution < -0.4 is 10.6 Å². The van der Waals surface area contributed by atoms with Crippen LogP contribution in [0.3, 0.4) is 0 Å². The molecule has 0 radical (unpaired) electrons. The van der Waals surface area contributed by atoms with Crippen LogP contribution in [0.4, 0.5) is 17.6 Å². The highest BCUT2D eigenvalue weighted by atomic mass is 15.2. The van der Waals surface area contributed by atoms with E-state index in [0.717, 1.165) is 11.4 Å². The SMILES string of the molecule is c1cncc(CNc2ccnc(Nc3cnccn3)n2)c1. The van der Waals surface area contributed by atoms with Gasteiger partial charge in [-0.05, 0) is 17.7 Å². The predicted molar refractivity (Wildman–Crippen MR) is 78.9 cm³/mol. The Kier molecular flexibility index (Phi) is 3.92. The van der Waals surface area contributed by atoms with Crippen molar-refractivity contribution in [3.8, 4) is 0 Å². The smallest absolute Gasteiger partial charge is 0.230 e. The molecule has 0 fully saturated rings. The normalized spacial score (nSPS) is 10.1. The number of nitrogens with zero attached hydrogens (tertiary/aromatic N) is 5. The first-order chi connectivity index (χ1) is 10.4. The summed E-state index contributed by atoms with van der Waals surface area (Å²) in [5.74, 6) is 1.79. The number of anilines is 3. The Morgan fingerprint density at radius 3 is 2.62 bits per heavy atom. The second-order valence-corrected chi connectivity index (χ2v) is 4.20. The average Bonchev–Trinajstić information content (AvgIpc) is 2.55. The van der Waals surface area contributed by atoms with Crippen molar-refractivity contribution < 1.29 is 0 Å². The molecule has 21 heavy (non-hydrogen) atoms. The van der Waals surface area contributed by atoms with E-state index in [1.807, 2.05) is 18.3 Å². The molecule has 0 saturated heterocycles. The summed E-state index contributed by atoms with van der Waals surface area (Å²) in [5.41, 5.74) is 1.08. The van der Waals surface area contributed by atoms with Gasteiger partial charge in [0.25, 0.3) is 0 Å². The van der Waals surface area contributed by atoms with Crippen molar-refractivity contribution in [3.63, 3.8) is 0 Å². The van der Waals surface area contributed by atoms with Gasteiger partial charge in [-0.25, -0.2) is 9.97 Å². The molecule has 7 nitrogen and oxygen atoms in total. The molecule has 7 heteroatoms. The van der Waals surface area contributed by atoms with Crippen LogP contribution in [0.5, 0.6) is 0 Å². The van der Waals surface area contributed by atoms with Crippen molar-refractivity contribution in [2.75, 3.05) is 10.6 Å². The molecule has 0 atom stereocenters. The summed E-state index contributed by atoms with van der Waals surface area (Å²) in [4.78, 5) is 20.7. The molecule has 0 amide bonds. The largest absolute Gasteiger partial charge is 0.366 e. The maximum Gasteiger partial charge on any atom is 0.230 e. The van der Waals surface area contributed by atoms with Crippen LogP contribution >= 0.6 is 0 Å². The van der Waals surface area contributed by atoms with Crippen LogP contribution in [0.2, 0.25) is 0 Å². The van der Waals surface area contributed by atoms with E-state index < -0.39 is 0 Å². The molecule has 3 aromatic rings. The quantitative estimate of drug-likeness (QED) is 0.738. The van der Waals surface area contributed by atoms with Gasteiger partial charge < -0.3 is 10.6 Å². The van der Waals surface area contributed by atoms with E-state index in [0.29, 0.717) is 18.3 Å². The first-order valence-electron chi connectivity index (χ1n) is 6.39. The molecule has 0 aromatic carbocycles. The lowest BCUT2D eigenvalue weighted by molar-refractivity contribution is 1.06. The van der Waals surface area contributed by atoms with E-state index >= 15 is 0 Å². The van der Waals surface area contributed by atoms with Crippen molar-refractivity contribution >= 4 is 17.6 Å². The molecule has 3 heterocycles. The molecular formula is C14H13N7. The van der Waals surface area contributed by atoms with Gasteiger partial charge in [0, 0.05) is 37.5 Å². The lowest BCUT2D eigenvalue weighted by Crippen LogP contribution is -2.04. The second-order valence-electron chi connectivity index (χ2n) is 4.20. The van der Waals surface area contributed by atoms with Crippen molar-refractivity contribution in [1.82, 2.24) is 24.9 Å². The molecular weight excluding hydrogens is 266 g/mol. The number of nitrogens with one attached hydrogen (secondary N) is 2. The Bertz CT molecular complexity index is 688. The number of aromatic nitrogens is 5. The van der Waals surface area contributed by atoms with Crippen LogP contribution in [0.25, 0.3) is 0 Å². The van der Waals surface area contributed by atoms with Crippen LogP contribution in [0.1, 0.15) is 5.56 Å². The average molecular weight is 279 g/mol. The summed E-state index contributed by atoms with van der Waals surface area (Å²) >= 11 is 0. The highest BCUT2D eigenvalue weighted by molar-refractivity contribution is 5.48. The van der Waals surface area contributed by atoms with Crippen molar-refractivity contribution in [2.45, 2.75) is 6.54 Å². The summed E-state index contributed by atoms with van der Waals surface area (Å²) in [6.45, 7) is 0.648. The fourth-order valence-electron chi connectivity index (χ4n) is 1.69. The van der Waals surface area contributed by atoms with Crippen LogP contribution in [0.15, 0.2) is 55.4 Å². The third-order valence-corrected chi connectivity index (χ3v) is 2.66. The predicted octanol–water partition coefficient (Wildman–Crippen LogP) is 2.02. The Morgan fingerprint density at radius 2 is 1.81 bits per heavy atom.